The number of nitrogens with zero attached hydrogens (tertiary/aromatic N) is 1. The summed E-state index contributed by atoms with van der Waals surface area (Å²) in [6.07, 6.45) is 8.37. The van der Waals surface area contributed by atoms with Crippen molar-refractivity contribution in [2.75, 3.05) is 13.1 Å². The Bertz CT molecular complexity index is 334. The first-order valence-corrected chi connectivity index (χ1v) is 7.18. The molecule has 0 radical (unpaired) electrons. The van der Waals surface area contributed by atoms with Gasteiger partial charge in [-0.05, 0) is 51.4 Å². The first-order valence-electron chi connectivity index (χ1n) is 7.18. The van der Waals surface area contributed by atoms with Crippen LogP contribution in [0.1, 0.15) is 46.0 Å². The van der Waals surface area contributed by atoms with Gasteiger partial charge >= 0.3 is 0 Å². The van der Waals surface area contributed by atoms with E-state index in [4.69, 9.17) is 0 Å². The van der Waals surface area contributed by atoms with E-state index in [0.29, 0.717) is 12.0 Å². The molecule has 1 aliphatic carbocycles. The number of fused-ring (bicyclic) bond motifs is 2. The fraction of sp³-hybridized carbons (Fsp3) is 0.867. The molecule has 3 aliphatic rings. The Kier molecular flexibility index (Phi) is 2.83. The van der Waals surface area contributed by atoms with E-state index >= 15 is 0 Å². The van der Waals surface area contributed by atoms with Crippen LogP contribution in [0.25, 0.3) is 0 Å². The van der Waals surface area contributed by atoms with Crippen LogP contribution in [0.4, 0.5) is 0 Å². The molecule has 2 heteroatoms. The molecule has 0 aromatic carbocycles. The van der Waals surface area contributed by atoms with Crippen molar-refractivity contribution < 1.29 is 5.11 Å². The summed E-state index contributed by atoms with van der Waals surface area (Å²) in [5.41, 5.74) is 1.14. The van der Waals surface area contributed by atoms with Crippen LogP contribution >= 0.6 is 0 Å². The third kappa shape index (κ3) is 2.06. The highest BCUT2D eigenvalue weighted by molar-refractivity contribution is 5.10. The van der Waals surface area contributed by atoms with Gasteiger partial charge in [0.1, 0.15) is 0 Å². The molecule has 2 aliphatic heterocycles. The summed E-state index contributed by atoms with van der Waals surface area (Å²) in [6.45, 7) is 6.69. The van der Waals surface area contributed by atoms with E-state index in [2.05, 4.69) is 24.8 Å². The largest absolute Gasteiger partial charge is 0.390 e. The fourth-order valence-corrected chi connectivity index (χ4v) is 4.34. The standard InChI is InChI=1S/C15H25NO/c1-11-5-7-16-10-12-4-3-6-15(2,17)14(12)9-13(16)8-11/h5,12-14,17H,3-4,6-10H2,1-2H3/t12-,13+,14-,15+/m1/s1. The summed E-state index contributed by atoms with van der Waals surface area (Å²) in [7, 11) is 0. The second-order valence-electron chi connectivity index (χ2n) is 6.71. The van der Waals surface area contributed by atoms with E-state index in [-0.39, 0.29) is 0 Å². The predicted octanol–water partition coefficient (Wildman–Crippen LogP) is 2.58. The minimum atomic E-state index is -0.399. The Hall–Kier alpha value is -0.340. The molecule has 4 atom stereocenters. The zero-order valence-corrected chi connectivity index (χ0v) is 11.2. The summed E-state index contributed by atoms with van der Waals surface area (Å²) in [6, 6.07) is 0.700. The van der Waals surface area contributed by atoms with Gasteiger partial charge in [0.25, 0.3) is 0 Å². The lowest BCUT2D eigenvalue weighted by Crippen LogP contribution is -2.56. The van der Waals surface area contributed by atoms with Gasteiger partial charge in [0, 0.05) is 19.1 Å². The molecule has 3 rings (SSSR count). The molecular formula is C15H25NO. The molecule has 1 N–H and O–H groups in total. The molecule has 2 fully saturated rings. The normalized spacial score (nSPS) is 47.0. The molecular weight excluding hydrogens is 210 g/mol. The van der Waals surface area contributed by atoms with Crippen LogP contribution in [-0.2, 0) is 0 Å². The van der Waals surface area contributed by atoms with E-state index in [1.165, 1.54) is 32.2 Å². The van der Waals surface area contributed by atoms with E-state index in [1.807, 2.05) is 0 Å². The Morgan fingerprint density at radius 3 is 3.12 bits per heavy atom. The second-order valence-corrected chi connectivity index (χ2v) is 6.71. The van der Waals surface area contributed by atoms with E-state index < -0.39 is 5.60 Å². The van der Waals surface area contributed by atoms with Crippen LogP contribution in [-0.4, -0.2) is 34.7 Å². The summed E-state index contributed by atoms with van der Waals surface area (Å²) in [5.74, 6) is 1.28. The summed E-state index contributed by atoms with van der Waals surface area (Å²) >= 11 is 0. The highest BCUT2D eigenvalue weighted by Crippen LogP contribution is 2.45. The molecule has 2 heterocycles. The lowest BCUT2D eigenvalue weighted by Gasteiger charge is -2.52. The summed E-state index contributed by atoms with van der Waals surface area (Å²) < 4.78 is 0. The van der Waals surface area contributed by atoms with Gasteiger partial charge in [0.05, 0.1) is 5.60 Å². The minimum absolute atomic E-state index is 0.399. The number of aliphatic hydroxyl groups is 1. The molecule has 0 bridgehead atoms. The highest BCUT2D eigenvalue weighted by atomic mass is 16.3. The van der Waals surface area contributed by atoms with Crippen molar-refractivity contribution in [3.05, 3.63) is 11.6 Å². The van der Waals surface area contributed by atoms with Crippen molar-refractivity contribution in [3.63, 3.8) is 0 Å². The molecule has 0 aromatic rings. The lowest BCUT2D eigenvalue weighted by molar-refractivity contribution is -0.100. The SMILES string of the molecule is CC1=CCN2C[C@H]3CCC[C@](C)(O)[C@@H]3C[C@@H]2C1. The van der Waals surface area contributed by atoms with Gasteiger partial charge in [0.2, 0.25) is 0 Å². The van der Waals surface area contributed by atoms with Crippen LogP contribution in [0, 0.1) is 11.8 Å². The Balaban J connectivity index is 1.79. The molecule has 0 aromatic heterocycles. The quantitative estimate of drug-likeness (QED) is 0.652. The minimum Gasteiger partial charge on any atom is -0.390 e. The first-order chi connectivity index (χ1) is 8.06. The number of rotatable bonds is 0. The molecule has 17 heavy (non-hydrogen) atoms. The van der Waals surface area contributed by atoms with Crippen molar-refractivity contribution in [2.24, 2.45) is 11.8 Å². The van der Waals surface area contributed by atoms with Crippen molar-refractivity contribution >= 4 is 0 Å². The topological polar surface area (TPSA) is 23.5 Å². The third-order valence-corrected chi connectivity index (χ3v) is 5.37. The Labute approximate surface area is 105 Å². The third-order valence-electron chi connectivity index (χ3n) is 5.37. The number of hydrogen-bond acceptors (Lipinski definition) is 2. The zero-order valence-electron chi connectivity index (χ0n) is 11.2. The average Bonchev–Trinajstić information content (AvgIpc) is 2.27. The van der Waals surface area contributed by atoms with Crippen LogP contribution in [0.3, 0.4) is 0 Å². The maximum atomic E-state index is 10.6. The molecule has 0 unspecified atom stereocenters. The average molecular weight is 235 g/mol. The lowest BCUT2D eigenvalue weighted by atomic mass is 9.64. The van der Waals surface area contributed by atoms with Gasteiger partial charge < -0.3 is 5.11 Å². The van der Waals surface area contributed by atoms with E-state index in [9.17, 15) is 5.11 Å². The van der Waals surface area contributed by atoms with Gasteiger partial charge in [-0.2, -0.15) is 0 Å². The van der Waals surface area contributed by atoms with Crippen molar-refractivity contribution in [3.8, 4) is 0 Å². The van der Waals surface area contributed by atoms with Gasteiger partial charge in [-0.25, -0.2) is 0 Å². The number of piperidine rings is 1. The van der Waals surface area contributed by atoms with Gasteiger partial charge in [-0.3, -0.25) is 4.90 Å². The monoisotopic (exact) mass is 235 g/mol. The molecule has 1 saturated heterocycles. The van der Waals surface area contributed by atoms with E-state index in [1.54, 1.807) is 5.57 Å². The smallest absolute Gasteiger partial charge is 0.0651 e. The van der Waals surface area contributed by atoms with Crippen molar-refractivity contribution in [1.82, 2.24) is 4.90 Å². The van der Waals surface area contributed by atoms with Gasteiger partial charge in [0.15, 0.2) is 0 Å². The van der Waals surface area contributed by atoms with Crippen LogP contribution < -0.4 is 0 Å². The van der Waals surface area contributed by atoms with Gasteiger partial charge in [-0.1, -0.05) is 18.1 Å². The second kappa shape index (κ2) is 4.10. The Morgan fingerprint density at radius 2 is 2.29 bits per heavy atom. The fourth-order valence-electron chi connectivity index (χ4n) is 4.34. The van der Waals surface area contributed by atoms with E-state index in [0.717, 1.165) is 18.9 Å². The van der Waals surface area contributed by atoms with Crippen molar-refractivity contribution in [1.29, 1.82) is 0 Å². The summed E-state index contributed by atoms with van der Waals surface area (Å²) in [4.78, 5) is 2.65. The first kappa shape index (κ1) is 11.7. The molecule has 0 amide bonds. The summed E-state index contributed by atoms with van der Waals surface area (Å²) in [5, 5.41) is 10.6. The van der Waals surface area contributed by atoms with Crippen LogP contribution in [0.5, 0.6) is 0 Å². The Morgan fingerprint density at radius 1 is 1.47 bits per heavy atom. The predicted molar refractivity (Wildman–Crippen MR) is 69.8 cm³/mol. The zero-order chi connectivity index (χ0) is 12.0. The molecule has 96 valence electrons. The highest BCUT2D eigenvalue weighted by Gasteiger charge is 2.46. The maximum Gasteiger partial charge on any atom is 0.0651 e. The van der Waals surface area contributed by atoms with Gasteiger partial charge in [-0.15, -0.1) is 0 Å². The molecule has 0 spiro atoms. The number of hydrogen-bond donors (Lipinski definition) is 1. The maximum absolute atomic E-state index is 10.6. The molecule has 2 nitrogen and oxygen atoms in total. The van der Waals surface area contributed by atoms with Crippen molar-refractivity contribution in [2.45, 2.75) is 57.6 Å². The molecule has 1 saturated carbocycles. The van der Waals surface area contributed by atoms with Crippen LogP contribution in [0.15, 0.2) is 11.6 Å². The van der Waals surface area contributed by atoms with Crippen LogP contribution in [0.2, 0.25) is 0 Å².